The average molecular weight is 331 g/mol. The van der Waals surface area contributed by atoms with Crippen molar-refractivity contribution in [3.63, 3.8) is 0 Å². The van der Waals surface area contributed by atoms with Gasteiger partial charge in [0.25, 0.3) is 0 Å². The molecular weight excluding hydrogens is 310 g/mol. The van der Waals surface area contributed by atoms with E-state index < -0.39 is 0 Å². The highest BCUT2D eigenvalue weighted by molar-refractivity contribution is 7.13. The molecule has 1 aromatic carbocycles. The highest BCUT2D eigenvalue weighted by atomic mass is 32.1. The average Bonchev–Trinajstić information content (AvgIpc) is 3.15. The molecule has 0 bridgehead atoms. The van der Waals surface area contributed by atoms with Crippen LogP contribution in [0.15, 0.2) is 29.6 Å². The number of amides is 1. The molecule has 2 unspecified atom stereocenters. The largest absolute Gasteiger partial charge is 0.391 e. The molecule has 3 N–H and O–H groups in total. The lowest BCUT2D eigenvalue weighted by Gasteiger charge is -2.13. The molecule has 1 aromatic heterocycles. The molecular formula is C17H21N3O2S. The number of nitrogens with zero attached hydrogens (tertiary/aromatic N) is 1. The van der Waals surface area contributed by atoms with Crippen LogP contribution in [0.5, 0.6) is 0 Å². The Bertz CT molecular complexity index is 669. The summed E-state index contributed by atoms with van der Waals surface area (Å²) in [5, 5.41) is 18.6. The summed E-state index contributed by atoms with van der Waals surface area (Å²) in [6.07, 6.45) is -0.0961. The zero-order valence-corrected chi connectivity index (χ0v) is 13.9. The van der Waals surface area contributed by atoms with Crippen LogP contribution in [-0.4, -0.2) is 41.7 Å². The minimum Gasteiger partial charge on any atom is -0.391 e. The maximum atomic E-state index is 12.0. The number of rotatable bonds is 5. The van der Waals surface area contributed by atoms with E-state index >= 15 is 0 Å². The third-order valence-electron chi connectivity index (χ3n) is 4.06. The maximum Gasteiger partial charge on any atom is 0.226 e. The van der Waals surface area contributed by atoms with E-state index in [0.717, 1.165) is 22.8 Å². The smallest absolute Gasteiger partial charge is 0.226 e. The second kappa shape index (κ2) is 7.21. The van der Waals surface area contributed by atoms with Gasteiger partial charge in [0.05, 0.1) is 18.2 Å². The van der Waals surface area contributed by atoms with Crippen molar-refractivity contribution in [2.45, 2.75) is 19.4 Å². The van der Waals surface area contributed by atoms with Crippen LogP contribution in [0, 0.1) is 12.8 Å². The molecule has 3 rings (SSSR count). The van der Waals surface area contributed by atoms with Crippen molar-refractivity contribution >= 4 is 17.2 Å². The summed E-state index contributed by atoms with van der Waals surface area (Å²) >= 11 is 1.55. The van der Waals surface area contributed by atoms with Gasteiger partial charge >= 0.3 is 0 Å². The first-order valence-electron chi connectivity index (χ1n) is 7.79. The first-order valence-corrected chi connectivity index (χ1v) is 8.66. The highest BCUT2D eigenvalue weighted by Gasteiger charge is 2.25. The van der Waals surface area contributed by atoms with Crippen molar-refractivity contribution in [2.75, 3.05) is 19.6 Å². The summed E-state index contributed by atoms with van der Waals surface area (Å²) < 4.78 is 0. The van der Waals surface area contributed by atoms with Crippen LogP contribution >= 0.6 is 11.3 Å². The first kappa shape index (κ1) is 16.1. The predicted octanol–water partition coefficient (Wildman–Crippen LogP) is 1.36. The van der Waals surface area contributed by atoms with Crippen LogP contribution in [0.25, 0.3) is 10.6 Å². The number of aryl methyl sites for hydroxylation is 1. The van der Waals surface area contributed by atoms with Crippen LogP contribution in [0.4, 0.5) is 0 Å². The topological polar surface area (TPSA) is 74.2 Å². The van der Waals surface area contributed by atoms with Gasteiger partial charge in [-0.3, -0.25) is 4.79 Å². The van der Waals surface area contributed by atoms with Crippen molar-refractivity contribution in [2.24, 2.45) is 5.92 Å². The number of hydrogen-bond donors (Lipinski definition) is 3. The minimum absolute atomic E-state index is 0.0511. The Morgan fingerprint density at radius 2 is 2.17 bits per heavy atom. The highest BCUT2D eigenvalue weighted by Crippen LogP contribution is 2.24. The predicted molar refractivity (Wildman–Crippen MR) is 91.4 cm³/mol. The van der Waals surface area contributed by atoms with Gasteiger partial charge in [-0.15, -0.1) is 11.3 Å². The van der Waals surface area contributed by atoms with E-state index in [9.17, 15) is 9.90 Å². The molecule has 0 aliphatic carbocycles. The number of nitrogens with one attached hydrogen (secondary N) is 2. The molecule has 122 valence electrons. The fourth-order valence-electron chi connectivity index (χ4n) is 2.62. The molecule has 0 spiro atoms. The molecule has 23 heavy (non-hydrogen) atoms. The molecule has 1 saturated heterocycles. The lowest BCUT2D eigenvalue weighted by atomic mass is 10.1. The Labute approximate surface area is 139 Å². The van der Waals surface area contributed by atoms with Crippen LogP contribution in [0.1, 0.15) is 11.3 Å². The molecule has 2 aromatic rings. The van der Waals surface area contributed by atoms with E-state index in [0.29, 0.717) is 13.1 Å². The van der Waals surface area contributed by atoms with E-state index in [4.69, 9.17) is 0 Å². The van der Waals surface area contributed by atoms with Gasteiger partial charge < -0.3 is 15.7 Å². The molecule has 2 atom stereocenters. The fraction of sp³-hybridized carbons (Fsp3) is 0.412. The normalized spacial score (nSPS) is 20.6. The Hall–Kier alpha value is -1.76. The Kier molecular flexibility index (Phi) is 5.05. The second-order valence-corrected chi connectivity index (χ2v) is 6.83. The van der Waals surface area contributed by atoms with Gasteiger partial charge in [-0.1, -0.05) is 29.8 Å². The fourth-order valence-corrected chi connectivity index (χ4v) is 3.44. The zero-order chi connectivity index (χ0) is 16.2. The quantitative estimate of drug-likeness (QED) is 0.773. The van der Waals surface area contributed by atoms with Gasteiger partial charge in [0.1, 0.15) is 5.01 Å². The summed E-state index contributed by atoms with van der Waals surface area (Å²) in [7, 11) is 0. The van der Waals surface area contributed by atoms with Crippen molar-refractivity contribution in [1.29, 1.82) is 0 Å². The Balaban J connectivity index is 1.54. The summed E-state index contributed by atoms with van der Waals surface area (Å²) in [5.41, 5.74) is 3.08. The van der Waals surface area contributed by atoms with Crippen molar-refractivity contribution < 1.29 is 9.90 Å². The molecule has 5 nitrogen and oxygen atoms in total. The van der Waals surface area contributed by atoms with Crippen molar-refractivity contribution in [3.8, 4) is 10.6 Å². The van der Waals surface area contributed by atoms with Gasteiger partial charge in [0, 0.05) is 36.5 Å². The van der Waals surface area contributed by atoms with E-state index in [1.54, 1.807) is 11.3 Å². The SMILES string of the molecule is Cc1ccc(-c2nc(CC(=O)NCC3CNCC3O)cs2)cc1. The molecule has 0 radical (unpaired) electrons. The Morgan fingerprint density at radius 1 is 1.39 bits per heavy atom. The standard InChI is InChI=1S/C17H21N3O2S/c1-11-2-4-12(5-3-11)17-20-14(10-23-17)6-16(22)19-8-13-7-18-9-15(13)21/h2-5,10,13,15,18,21H,6-9H2,1H3,(H,19,22). The van der Waals surface area contributed by atoms with Gasteiger partial charge in [0.15, 0.2) is 0 Å². The lowest BCUT2D eigenvalue weighted by molar-refractivity contribution is -0.120. The number of β-amino-alcohol motifs (C(OH)–C–C–N with tert-alkyl or cyclic N) is 1. The monoisotopic (exact) mass is 331 g/mol. The van der Waals surface area contributed by atoms with E-state index in [-0.39, 0.29) is 24.3 Å². The van der Waals surface area contributed by atoms with E-state index in [1.807, 2.05) is 17.5 Å². The molecule has 2 heterocycles. The first-order chi connectivity index (χ1) is 11.1. The number of hydrogen-bond acceptors (Lipinski definition) is 5. The van der Waals surface area contributed by atoms with Gasteiger partial charge in [0.2, 0.25) is 5.91 Å². The Morgan fingerprint density at radius 3 is 2.87 bits per heavy atom. The van der Waals surface area contributed by atoms with Crippen molar-refractivity contribution in [3.05, 3.63) is 40.9 Å². The number of carbonyl (C=O) groups is 1. The molecule has 6 heteroatoms. The molecule has 1 aliphatic heterocycles. The maximum absolute atomic E-state index is 12.0. The summed E-state index contributed by atoms with van der Waals surface area (Å²) in [5.74, 6) is 0.0439. The van der Waals surface area contributed by atoms with E-state index in [2.05, 4.69) is 34.7 Å². The zero-order valence-electron chi connectivity index (χ0n) is 13.1. The van der Waals surface area contributed by atoms with Crippen LogP contribution in [-0.2, 0) is 11.2 Å². The lowest BCUT2D eigenvalue weighted by Crippen LogP contribution is -2.35. The van der Waals surface area contributed by atoms with Gasteiger partial charge in [-0.2, -0.15) is 0 Å². The van der Waals surface area contributed by atoms with Gasteiger partial charge in [-0.05, 0) is 6.92 Å². The summed E-state index contributed by atoms with van der Waals surface area (Å²) in [6, 6.07) is 8.22. The number of aliphatic hydroxyl groups excluding tert-OH is 1. The number of carbonyl (C=O) groups excluding carboxylic acids is 1. The molecule has 1 fully saturated rings. The van der Waals surface area contributed by atoms with Crippen LogP contribution < -0.4 is 10.6 Å². The molecule has 0 saturated carbocycles. The molecule has 1 amide bonds. The molecule has 1 aliphatic rings. The summed E-state index contributed by atoms with van der Waals surface area (Å²) in [6.45, 7) is 3.91. The minimum atomic E-state index is -0.372. The number of aliphatic hydroxyl groups is 1. The van der Waals surface area contributed by atoms with Crippen molar-refractivity contribution in [1.82, 2.24) is 15.6 Å². The second-order valence-electron chi connectivity index (χ2n) is 5.98. The van der Waals surface area contributed by atoms with Gasteiger partial charge in [-0.25, -0.2) is 4.98 Å². The van der Waals surface area contributed by atoms with Crippen LogP contribution in [0.2, 0.25) is 0 Å². The summed E-state index contributed by atoms with van der Waals surface area (Å²) in [4.78, 5) is 16.6. The number of aromatic nitrogens is 1. The third-order valence-corrected chi connectivity index (χ3v) is 5.00. The number of benzene rings is 1. The van der Waals surface area contributed by atoms with E-state index in [1.165, 1.54) is 5.56 Å². The third kappa shape index (κ3) is 4.16. The number of thiazole rings is 1. The van der Waals surface area contributed by atoms with Crippen LogP contribution in [0.3, 0.4) is 0 Å².